The van der Waals surface area contributed by atoms with Crippen LogP contribution in [0.4, 0.5) is 4.39 Å². The van der Waals surface area contributed by atoms with E-state index in [9.17, 15) is 4.39 Å². The Morgan fingerprint density at radius 3 is 2.23 bits per heavy atom. The van der Waals surface area contributed by atoms with Crippen LogP contribution in [0.25, 0.3) is 0 Å². The molecule has 3 rings (SSSR count). The molecule has 0 amide bonds. The number of halogens is 1. The second-order valence-electron chi connectivity index (χ2n) is 7.45. The zero-order valence-electron chi connectivity index (χ0n) is 13.9. The predicted molar refractivity (Wildman–Crippen MR) is 86.9 cm³/mol. The number of rotatable bonds is 3. The van der Waals surface area contributed by atoms with Gasteiger partial charge in [0, 0.05) is 19.6 Å². The summed E-state index contributed by atoms with van der Waals surface area (Å²) in [6.45, 7) is 10.4. The molecular weight excluding hydrogens is 280 g/mol. The Hall–Kier alpha value is -0.905. The van der Waals surface area contributed by atoms with Crippen LogP contribution in [-0.2, 0) is 15.9 Å². The molecule has 0 N–H and O–H groups in total. The van der Waals surface area contributed by atoms with Crippen LogP contribution in [0.15, 0.2) is 24.3 Å². The van der Waals surface area contributed by atoms with Crippen molar-refractivity contribution in [3.63, 3.8) is 0 Å². The fourth-order valence-electron chi connectivity index (χ4n) is 2.95. The van der Waals surface area contributed by atoms with Gasteiger partial charge in [-0.25, -0.2) is 4.39 Å². The van der Waals surface area contributed by atoms with Gasteiger partial charge in [-0.05, 0) is 45.1 Å². The van der Waals surface area contributed by atoms with E-state index in [1.165, 1.54) is 5.56 Å². The van der Waals surface area contributed by atoms with E-state index < -0.39 is 6.17 Å². The predicted octanol–water partition coefficient (Wildman–Crippen LogP) is 2.53. The molecule has 0 radical (unpaired) electrons. The number of alkyl halides is 1. The Kier molecular flexibility index (Phi) is 4.08. The molecule has 0 spiro atoms. The Labute approximate surface area is 132 Å². The summed E-state index contributed by atoms with van der Waals surface area (Å²) in [6.07, 6.45) is -0.00421. The topological polar surface area (TPSA) is 21.7 Å². The van der Waals surface area contributed by atoms with Gasteiger partial charge in [0.1, 0.15) is 6.17 Å². The first kappa shape index (κ1) is 16.0. The highest BCUT2D eigenvalue weighted by molar-refractivity contribution is 6.62. The van der Waals surface area contributed by atoms with Crippen LogP contribution < -0.4 is 5.46 Å². The Morgan fingerprint density at radius 2 is 1.73 bits per heavy atom. The summed E-state index contributed by atoms with van der Waals surface area (Å²) in [5.74, 6) is 0. The summed E-state index contributed by atoms with van der Waals surface area (Å²) in [7, 11) is -0.318. The van der Waals surface area contributed by atoms with Crippen LogP contribution in [0.5, 0.6) is 0 Å². The van der Waals surface area contributed by atoms with Gasteiger partial charge >= 0.3 is 7.12 Å². The van der Waals surface area contributed by atoms with Gasteiger partial charge in [-0.1, -0.05) is 24.3 Å². The summed E-state index contributed by atoms with van der Waals surface area (Å²) in [6, 6.07) is 8.29. The molecule has 0 bridgehead atoms. The van der Waals surface area contributed by atoms with Gasteiger partial charge in [0.25, 0.3) is 0 Å². The van der Waals surface area contributed by atoms with Gasteiger partial charge in [-0.2, -0.15) is 0 Å². The molecule has 5 heteroatoms. The first-order valence-corrected chi connectivity index (χ1v) is 8.08. The van der Waals surface area contributed by atoms with E-state index in [0.717, 1.165) is 18.6 Å². The highest BCUT2D eigenvalue weighted by atomic mass is 19.1. The fourth-order valence-corrected chi connectivity index (χ4v) is 2.95. The van der Waals surface area contributed by atoms with E-state index >= 15 is 0 Å². The third kappa shape index (κ3) is 3.07. The van der Waals surface area contributed by atoms with E-state index in [1.807, 2.05) is 0 Å². The minimum Gasteiger partial charge on any atom is -0.399 e. The second-order valence-corrected chi connectivity index (χ2v) is 7.45. The van der Waals surface area contributed by atoms with Crippen molar-refractivity contribution in [2.75, 3.05) is 13.1 Å². The zero-order valence-corrected chi connectivity index (χ0v) is 13.9. The van der Waals surface area contributed by atoms with Gasteiger partial charge in [-0.3, -0.25) is 4.90 Å². The van der Waals surface area contributed by atoms with E-state index in [2.05, 4.69) is 56.9 Å². The molecular formula is C17H25BFNO2. The summed E-state index contributed by atoms with van der Waals surface area (Å²) in [5, 5.41) is 0. The maximum absolute atomic E-state index is 13.2. The molecule has 0 saturated carbocycles. The third-order valence-electron chi connectivity index (χ3n) is 5.13. The molecule has 2 saturated heterocycles. The largest absolute Gasteiger partial charge is 0.494 e. The average molecular weight is 305 g/mol. The Bertz CT molecular complexity index is 516. The Balaban J connectivity index is 1.65. The third-order valence-corrected chi connectivity index (χ3v) is 5.13. The van der Waals surface area contributed by atoms with Gasteiger partial charge in [0.2, 0.25) is 0 Å². The normalized spacial score (nSPS) is 27.5. The lowest BCUT2D eigenvalue weighted by Gasteiger charge is -2.32. The van der Waals surface area contributed by atoms with Crippen molar-refractivity contribution in [2.45, 2.75) is 58.0 Å². The average Bonchev–Trinajstić information content (AvgIpc) is 2.92. The highest BCUT2D eigenvalue weighted by Gasteiger charge is 2.51. The van der Waals surface area contributed by atoms with Crippen molar-refractivity contribution >= 4 is 12.6 Å². The molecule has 0 aromatic heterocycles. The van der Waals surface area contributed by atoms with Gasteiger partial charge in [-0.15, -0.1) is 0 Å². The quantitative estimate of drug-likeness (QED) is 0.801. The van der Waals surface area contributed by atoms with Gasteiger partial charge in [0.05, 0.1) is 11.2 Å². The minimum absolute atomic E-state index is 0.317. The molecule has 2 heterocycles. The van der Waals surface area contributed by atoms with E-state index in [0.29, 0.717) is 13.0 Å². The molecule has 1 aromatic carbocycles. The lowest BCUT2D eigenvalue weighted by molar-refractivity contribution is 0.00578. The van der Waals surface area contributed by atoms with Crippen molar-refractivity contribution in [1.82, 2.24) is 4.90 Å². The molecule has 2 fully saturated rings. The van der Waals surface area contributed by atoms with Crippen molar-refractivity contribution in [2.24, 2.45) is 0 Å². The molecule has 22 heavy (non-hydrogen) atoms. The van der Waals surface area contributed by atoms with Gasteiger partial charge < -0.3 is 9.31 Å². The van der Waals surface area contributed by atoms with Crippen LogP contribution in [0.3, 0.4) is 0 Å². The van der Waals surface area contributed by atoms with Crippen LogP contribution in [-0.4, -0.2) is 42.5 Å². The number of hydrogen-bond acceptors (Lipinski definition) is 3. The van der Waals surface area contributed by atoms with E-state index in [-0.39, 0.29) is 18.3 Å². The van der Waals surface area contributed by atoms with E-state index in [4.69, 9.17) is 9.31 Å². The Morgan fingerprint density at radius 1 is 1.14 bits per heavy atom. The van der Waals surface area contributed by atoms with Crippen LogP contribution >= 0.6 is 0 Å². The lowest BCUT2D eigenvalue weighted by atomic mass is 9.79. The van der Waals surface area contributed by atoms with Crippen LogP contribution in [0, 0.1) is 0 Å². The molecule has 0 unspecified atom stereocenters. The standard InChI is InChI=1S/C17H25BFNO2/c1-16(2)17(3,4)22-18(21-16)14-7-5-13(6-8-14)11-20-10-9-15(19)12-20/h5-8,15H,9-12H2,1-4H3/t15-/m1/s1. The number of nitrogens with zero attached hydrogens (tertiary/aromatic N) is 1. The number of likely N-dealkylation sites (tertiary alicyclic amines) is 1. The maximum atomic E-state index is 13.2. The minimum atomic E-state index is -0.663. The summed E-state index contributed by atoms with van der Waals surface area (Å²) in [4.78, 5) is 2.16. The molecule has 120 valence electrons. The van der Waals surface area contributed by atoms with Crippen molar-refractivity contribution in [3.8, 4) is 0 Å². The monoisotopic (exact) mass is 305 g/mol. The van der Waals surface area contributed by atoms with Crippen LogP contribution in [0.2, 0.25) is 0 Å². The summed E-state index contributed by atoms with van der Waals surface area (Å²) in [5.41, 5.74) is 1.60. The molecule has 1 aromatic rings. The van der Waals surface area contributed by atoms with Gasteiger partial charge in [0.15, 0.2) is 0 Å². The number of benzene rings is 1. The summed E-state index contributed by atoms with van der Waals surface area (Å²) >= 11 is 0. The molecule has 0 aliphatic carbocycles. The lowest BCUT2D eigenvalue weighted by Crippen LogP contribution is -2.41. The number of hydrogen-bond donors (Lipinski definition) is 0. The van der Waals surface area contributed by atoms with Crippen molar-refractivity contribution < 1.29 is 13.7 Å². The smallest absolute Gasteiger partial charge is 0.399 e. The molecule has 2 aliphatic heterocycles. The molecule has 1 atom stereocenters. The van der Waals surface area contributed by atoms with Crippen LogP contribution in [0.1, 0.15) is 39.7 Å². The van der Waals surface area contributed by atoms with Crippen molar-refractivity contribution in [3.05, 3.63) is 29.8 Å². The SMILES string of the molecule is CC1(C)OB(c2ccc(CN3CC[C@@H](F)C3)cc2)OC1(C)C. The molecule has 2 aliphatic rings. The summed E-state index contributed by atoms with van der Waals surface area (Å²) < 4.78 is 25.3. The maximum Gasteiger partial charge on any atom is 0.494 e. The highest BCUT2D eigenvalue weighted by Crippen LogP contribution is 2.36. The zero-order chi connectivity index (χ0) is 16.0. The van der Waals surface area contributed by atoms with Crippen molar-refractivity contribution in [1.29, 1.82) is 0 Å². The first-order valence-electron chi connectivity index (χ1n) is 8.08. The first-order chi connectivity index (χ1) is 10.3. The second kappa shape index (κ2) is 5.62. The van der Waals surface area contributed by atoms with E-state index in [1.54, 1.807) is 0 Å². The fraction of sp³-hybridized carbons (Fsp3) is 0.647. The molecule has 3 nitrogen and oxygen atoms in total.